The maximum absolute atomic E-state index is 12.0. The summed E-state index contributed by atoms with van der Waals surface area (Å²) in [4.78, 5) is 13.8. The molecular formula is C12H25ClN2O2. The van der Waals surface area contributed by atoms with Crippen molar-refractivity contribution in [3.05, 3.63) is 0 Å². The van der Waals surface area contributed by atoms with Gasteiger partial charge in [-0.05, 0) is 40.0 Å². The number of carbonyl (C=O) groups excluding carboxylic acids is 1. The molecule has 0 aromatic carbocycles. The standard InChI is InChI=1S/C12H24N2O2.ClH/c1-5-10-8-9(13)6-7-14(10)11(15)16-12(2,3)4;/h9-10H,5-8,13H2,1-4H3;1H/t9-,10+;/m0./s1. The number of rotatable bonds is 1. The van der Waals surface area contributed by atoms with Gasteiger partial charge >= 0.3 is 6.09 Å². The van der Waals surface area contributed by atoms with Crippen LogP contribution in [0.3, 0.4) is 0 Å². The summed E-state index contributed by atoms with van der Waals surface area (Å²) in [6, 6.07) is 0.460. The Morgan fingerprint density at radius 1 is 1.47 bits per heavy atom. The zero-order chi connectivity index (χ0) is 12.3. The second-order valence-corrected chi connectivity index (χ2v) is 5.52. The van der Waals surface area contributed by atoms with E-state index in [1.54, 1.807) is 0 Å². The van der Waals surface area contributed by atoms with Crippen LogP contribution in [-0.2, 0) is 4.74 Å². The number of piperidine rings is 1. The Bertz CT molecular complexity index is 253. The fraction of sp³-hybridized carbons (Fsp3) is 0.917. The summed E-state index contributed by atoms with van der Waals surface area (Å²) in [7, 11) is 0. The number of amides is 1. The molecular weight excluding hydrogens is 240 g/mol. The van der Waals surface area contributed by atoms with Crippen LogP contribution in [0.1, 0.15) is 47.0 Å². The molecule has 0 bridgehead atoms. The molecule has 1 aliphatic rings. The van der Waals surface area contributed by atoms with E-state index in [-0.39, 0.29) is 30.6 Å². The Labute approximate surface area is 110 Å². The van der Waals surface area contributed by atoms with E-state index in [0.29, 0.717) is 6.54 Å². The molecule has 0 saturated carbocycles. The van der Waals surface area contributed by atoms with Gasteiger partial charge in [0.1, 0.15) is 5.60 Å². The van der Waals surface area contributed by atoms with Crippen LogP contribution in [0.2, 0.25) is 0 Å². The summed E-state index contributed by atoms with van der Waals surface area (Å²) in [6.45, 7) is 8.47. The molecule has 0 radical (unpaired) electrons. The molecule has 1 aliphatic heterocycles. The number of hydrogen-bond acceptors (Lipinski definition) is 3. The number of carbonyl (C=O) groups is 1. The predicted molar refractivity (Wildman–Crippen MR) is 71.5 cm³/mol. The normalized spacial score (nSPS) is 25.1. The summed E-state index contributed by atoms with van der Waals surface area (Å²) in [5.74, 6) is 0. The van der Waals surface area contributed by atoms with Gasteiger partial charge in [-0.2, -0.15) is 0 Å². The van der Waals surface area contributed by atoms with Crippen molar-refractivity contribution in [1.82, 2.24) is 4.90 Å². The van der Waals surface area contributed by atoms with Gasteiger partial charge in [-0.3, -0.25) is 0 Å². The van der Waals surface area contributed by atoms with Crippen molar-refractivity contribution in [3.8, 4) is 0 Å². The maximum atomic E-state index is 12.0. The minimum Gasteiger partial charge on any atom is -0.444 e. The molecule has 2 atom stereocenters. The lowest BCUT2D eigenvalue weighted by Crippen LogP contribution is -2.50. The van der Waals surface area contributed by atoms with E-state index in [0.717, 1.165) is 19.3 Å². The van der Waals surface area contributed by atoms with Crippen molar-refractivity contribution in [3.63, 3.8) is 0 Å². The number of likely N-dealkylation sites (tertiary alicyclic amines) is 1. The van der Waals surface area contributed by atoms with Crippen LogP contribution in [0.15, 0.2) is 0 Å². The summed E-state index contributed by atoms with van der Waals surface area (Å²) < 4.78 is 5.39. The van der Waals surface area contributed by atoms with Crippen LogP contribution in [0.5, 0.6) is 0 Å². The predicted octanol–water partition coefficient (Wildman–Crippen LogP) is 2.55. The first-order valence-corrected chi connectivity index (χ1v) is 6.08. The summed E-state index contributed by atoms with van der Waals surface area (Å²) >= 11 is 0. The highest BCUT2D eigenvalue weighted by molar-refractivity contribution is 5.85. The average Bonchev–Trinajstić information content (AvgIpc) is 2.14. The van der Waals surface area contributed by atoms with Gasteiger partial charge in [-0.1, -0.05) is 6.92 Å². The van der Waals surface area contributed by atoms with Crippen molar-refractivity contribution in [2.75, 3.05) is 6.54 Å². The van der Waals surface area contributed by atoms with Crippen molar-refractivity contribution in [2.24, 2.45) is 5.73 Å². The van der Waals surface area contributed by atoms with Gasteiger partial charge in [0.15, 0.2) is 0 Å². The Kier molecular flexibility index (Phi) is 6.27. The topological polar surface area (TPSA) is 55.6 Å². The molecule has 0 aromatic rings. The van der Waals surface area contributed by atoms with E-state index >= 15 is 0 Å². The third kappa shape index (κ3) is 5.13. The Morgan fingerprint density at radius 3 is 2.53 bits per heavy atom. The Morgan fingerprint density at radius 2 is 2.06 bits per heavy atom. The van der Waals surface area contributed by atoms with E-state index in [1.807, 2.05) is 25.7 Å². The lowest BCUT2D eigenvalue weighted by molar-refractivity contribution is 0.00790. The molecule has 1 amide bonds. The van der Waals surface area contributed by atoms with Crippen LogP contribution in [0.25, 0.3) is 0 Å². The first kappa shape index (κ1) is 16.5. The van der Waals surface area contributed by atoms with Gasteiger partial charge in [-0.25, -0.2) is 4.79 Å². The molecule has 0 aliphatic carbocycles. The molecule has 0 unspecified atom stereocenters. The largest absolute Gasteiger partial charge is 0.444 e. The molecule has 2 N–H and O–H groups in total. The van der Waals surface area contributed by atoms with E-state index in [9.17, 15) is 4.79 Å². The summed E-state index contributed by atoms with van der Waals surface area (Å²) in [5, 5.41) is 0. The highest BCUT2D eigenvalue weighted by Crippen LogP contribution is 2.21. The first-order chi connectivity index (χ1) is 7.33. The molecule has 1 fully saturated rings. The monoisotopic (exact) mass is 264 g/mol. The van der Waals surface area contributed by atoms with Crippen molar-refractivity contribution >= 4 is 18.5 Å². The van der Waals surface area contributed by atoms with Crippen LogP contribution < -0.4 is 5.73 Å². The lowest BCUT2D eigenvalue weighted by atomic mass is 9.96. The van der Waals surface area contributed by atoms with E-state index < -0.39 is 5.60 Å². The van der Waals surface area contributed by atoms with Gasteiger partial charge in [-0.15, -0.1) is 12.4 Å². The van der Waals surface area contributed by atoms with Gasteiger partial charge < -0.3 is 15.4 Å². The van der Waals surface area contributed by atoms with E-state index in [1.165, 1.54) is 0 Å². The maximum Gasteiger partial charge on any atom is 0.410 e. The first-order valence-electron chi connectivity index (χ1n) is 6.08. The second kappa shape index (κ2) is 6.45. The van der Waals surface area contributed by atoms with Crippen LogP contribution >= 0.6 is 12.4 Å². The third-order valence-corrected chi connectivity index (χ3v) is 2.86. The number of nitrogens with two attached hydrogens (primary N) is 1. The highest BCUT2D eigenvalue weighted by Gasteiger charge is 2.31. The summed E-state index contributed by atoms with van der Waals surface area (Å²) in [6.07, 6.45) is 2.49. The number of halogens is 1. The van der Waals surface area contributed by atoms with Crippen molar-refractivity contribution < 1.29 is 9.53 Å². The van der Waals surface area contributed by atoms with E-state index in [4.69, 9.17) is 10.5 Å². The minimum absolute atomic E-state index is 0. The molecule has 0 spiro atoms. The van der Waals surface area contributed by atoms with Crippen molar-refractivity contribution in [2.45, 2.75) is 64.6 Å². The Hall–Kier alpha value is -0.480. The highest BCUT2D eigenvalue weighted by atomic mass is 35.5. The molecule has 1 heterocycles. The molecule has 5 heteroatoms. The SMILES string of the molecule is CC[C@@H]1C[C@@H](N)CCN1C(=O)OC(C)(C)C.Cl. The summed E-state index contributed by atoms with van der Waals surface area (Å²) in [5.41, 5.74) is 5.49. The minimum atomic E-state index is -0.422. The quantitative estimate of drug-likeness (QED) is 0.792. The van der Waals surface area contributed by atoms with Gasteiger partial charge in [0.25, 0.3) is 0 Å². The van der Waals surface area contributed by atoms with Gasteiger partial charge in [0.2, 0.25) is 0 Å². The fourth-order valence-electron chi connectivity index (χ4n) is 2.03. The van der Waals surface area contributed by atoms with Crippen molar-refractivity contribution in [1.29, 1.82) is 0 Å². The third-order valence-electron chi connectivity index (χ3n) is 2.86. The smallest absolute Gasteiger partial charge is 0.410 e. The molecule has 4 nitrogen and oxygen atoms in total. The number of ether oxygens (including phenoxy) is 1. The van der Waals surface area contributed by atoms with E-state index in [2.05, 4.69) is 6.92 Å². The van der Waals surface area contributed by atoms with Gasteiger partial charge in [0.05, 0.1) is 0 Å². The molecule has 102 valence electrons. The van der Waals surface area contributed by atoms with Crippen LogP contribution in [0.4, 0.5) is 4.79 Å². The van der Waals surface area contributed by atoms with Gasteiger partial charge in [0, 0.05) is 18.6 Å². The fourth-order valence-corrected chi connectivity index (χ4v) is 2.03. The second-order valence-electron chi connectivity index (χ2n) is 5.52. The Balaban J connectivity index is 0.00000256. The lowest BCUT2D eigenvalue weighted by Gasteiger charge is -2.38. The molecule has 17 heavy (non-hydrogen) atoms. The molecule has 1 rings (SSSR count). The zero-order valence-corrected chi connectivity index (χ0v) is 12.0. The number of hydrogen-bond donors (Lipinski definition) is 1. The van der Waals surface area contributed by atoms with Crippen LogP contribution in [-0.4, -0.2) is 35.2 Å². The molecule has 0 aromatic heterocycles. The van der Waals surface area contributed by atoms with Crippen LogP contribution in [0, 0.1) is 0 Å². The number of nitrogens with zero attached hydrogens (tertiary/aromatic N) is 1. The average molecular weight is 265 g/mol. The zero-order valence-electron chi connectivity index (χ0n) is 11.2. The molecule has 1 saturated heterocycles.